The van der Waals surface area contributed by atoms with Crippen molar-refractivity contribution in [3.05, 3.63) is 30.1 Å². The molecule has 2 aliphatic heterocycles. The Bertz CT molecular complexity index is 770. The van der Waals surface area contributed by atoms with Crippen LogP contribution in [0.5, 0.6) is 0 Å². The summed E-state index contributed by atoms with van der Waals surface area (Å²) >= 11 is 0. The molecule has 0 spiro atoms. The van der Waals surface area contributed by atoms with Crippen molar-refractivity contribution in [2.45, 2.75) is 17.4 Å². The van der Waals surface area contributed by atoms with Crippen molar-refractivity contribution in [2.24, 2.45) is 0 Å². The van der Waals surface area contributed by atoms with Crippen LogP contribution >= 0.6 is 0 Å². The van der Waals surface area contributed by atoms with Crippen molar-refractivity contribution >= 4 is 19.9 Å². The van der Waals surface area contributed by atoms with Gasteiger partial charge in [0.15, 0.2) is 9.84 Å². The Hall–Kier alpha value is -1.03. The van der Waals surface area contributed by atoms with E-state index in [9.17, 15) is 21.2 Å². The standard InChI is InChI=1S/C14H19FN2O4S2/c15-12-1-3-14(4-2-12)23(20,21)17-8-6-16(7-9-17)13-5-10-22(18,19)11-13/h1-4,13H,5-11H2/p+1/t13-/m0/s1. The monoisotopic (exact) mass is 363 g/mol. The Morgan fingerprint density at radius 1 is 1.13 bits per heavy atom. The highest BCUT2D eigenvalue weighted by Gasteiger charge is 2.38. The Labute approximate surface area is 135 Å². The second kappa shape index (κ2) is 6.12. The number of piperazine rings is 1. The summed E-state index contributed by atoms with van der Waals surface area (Å²) in [6.45, 7) is 1.90. The molecule has 2 aliphatic rings. The fourth-order valence-electron chi connectivity index (χ4n) is 3.29. The molecule has 1 aromatic rings. The van der Waals surface area contributed by atoms with Crippen molar-refractivity contribution in [2.75, 3.05) is 37.7 Å². The molecule has 1 atom stereocenters. The molecule has 9 heteroatoms. The molecule has 0 saturated carbocycles. The van der Waals surface area contributed by atoms with Gasteiger partial charge in [-0.3, -0.25) is 0 Å². The highest BCUT2D eigenvalue weighted by Crippen LogP contribution is 2.16. The largest absolute Gasteiger partial charge is 0.329 e. The van der Waals surface area contributed by atoms with Gasteiger partial charge in [0.1, 0.15) is 17.6 Å². The predicted octanol–water partition coefficient (Wildman–Crippen LogP) is -1.10. The van der Waals surface area contributed by atoms with E-state index in [1.165, 1.54) is 16.4 Å². The molecule has 0 bridgehead atoms. The number of nitrogens with one attached hydrogen (secondary N) is 1. The third-order valence-electron chi connectivity index (χ3n) is 4.63. The van der Waals surface area contributed by atoms with E-state index in [1.807, 2.05) is 0 Å². The van der Waals surface area contributed by atoms with Crippen LogP contribution < -0.4 is 4.90 Å². The maximum Gasteiger partial charge on any atom is 0.243 e. The summed E-state index contributed by atoms with van der Waals surface area (Å²) in [6.07, 6.45) is 0.655. The Morgan fingerprint density at radius 2 is 1.74 bits per heavy atom. The number of benzene rings is 1. The number of quaternary nitrogens is 1. The number of hydrogen-bond acceptors (Lipinski definition) is 4. The Balaban J connectivity index is 1.65. The quantitative estimate of drug-likeness (QED) is 0.740. The average Bonchev–Trinajstić information content (AvgIpc) is 2.88. The zero-order chi connectivity index (χ0) is 16.7. The molecule has 1 aromatic carbocycles. The van der Waals surface area contributed by atoms with Gasteiger partial charge in [0, 0.05) is 6.42 Å². The van der Waals surface area contributed by atoms with E-state index >= 15 is 0 Å². The minimum absolute atomic E-state index is 0.0793. The van der Waals surface area contributed by atoms with Crippen LogP contribution in [0.4, 0.5) is 4.39 Å². The Morgan fingerprint density at radius 3 is 2.26 bits per heavy atom. The molecule has 0 radical (unpaired) electrons. The van der Waals surface area contributed by atoms with Gasteiger partial charge in [0.2, 0.25) is 10.0 Å². The van der Waals surface area contributed by atoms with E-state index in [0.717, 1.165) is 17.0 Å². The molecule has 2 fully saturated rings. The number of sulfonamides is 1. The van der Waals surface area contributed by atoms with Crippen LogP contribution in [0.2, 0.25) is 0 Å². The maximum absolute atomic E-state index is 12.9. The molecule has 0 unspecified atom stereocenters. The van der Waals surface area contributed by atoms with E-state index in [2.05, 4.69) is 0 Å². The lowest BCUT2D eigenvalue weighted by molar-refractivity contribution is -0.925. The third kappa shape index (κ3) is 3.57. The van der Waals surface area contributed by atoms with Crippen molar-refractivity contribution in [3.63, 3.8) is 0 Å². The van der Waals surface area contributed by atoms with Crippen LogP contribution in [0.15, 0.2) is 29.2 Å². The summed E-state index contributed by atoms with van der Waals surface area (Å²) in [5, 5.41) is 0. The van der Waals surface area contributed by atoms with Crippen LogP contribution in [0.25, 0.3) is 0 Å². The molecule has 2 saturated heterocycles. The van der Waals surface area contributed by atoms with E-state index in [-0.39, 0.29) is 22.4 Å². The van der Waals surface area contributed by atoms with Crippen LogP contribution in [-0.2, 0) is 19.9 Å². The fraction of sp³-hybridized carbons (Fsp3) is 0.571. The summed E-state index contributed by atoms with van der Waals surface area (Å²) in [5.74, 6) is -0.0353. The summed E-state index contributed by atoms with van der Waals surface area (Å²) < 4.78 is 62.5. The SMILES string of the molecule is O=S1(=O)CC[C@H]([NH+]2CCN(S(=O)(=O)c3ccc(F)cc3)CC2)C1. The maximum atomic E-state index is 12.9. The zero-order valence-corrected chi connectivity index (χ0v) is 14.2. The molecule has 0 aromatic heterocycles. The van der Waals surface area contributed by atoms with E-state index < -0.39 is 25.7 Å². The van der Waals surface area contributed by atoms with Gasteiger partial charge in [-0.25, -0.2) is 21.2 Å². The lowest BCUT2D eigenvalue weighted by atomic mass is 10.2. The van der Waals surface area contributed by atoms with Gasteiger partial charge in [-0.1, -0.05) is 0 Å². The van der Waals surface area contributed by atoms with Crippen LogP contribution in [0.1, 0.15) is 6.42 Å². The van der Waals surface area contributed by atoms with E-state index in [4.69, 9.17) is 0 Å². The van der Waals surface area contributed by atoms with Crippen molar-refractivity contribution in [3.8, 4) is 0 Å². The Kier molecular flexibility index (Phi) is 4.47. The summed E-state index contributed by atoms with van der Waals surface area (Å²) in [4.78, 5) is 1.25. The van der Waals surface area contributed by atoms with Gasteiger partial charge < -0.3 is 4.90 Å². The molecular formula is C14H20FN2O4S2+. The highest BCUT2D eigenvalue weighted by molar-refractivity contribution is 7.91. The highest BCUT2D eigenvalue weighted by atomic mass is 32.2. The van der Waals surface area contributed by atoms with Crippen LogP contribution in [-0.4, -0.2) is 64.9 Å². The third-order valence-corrected chi connectivity index (χ3v) is 8.31. The van der Waals surface area contributed by atoms with E-state index in [0.29, 0.717) is 32.6 Å². The van der Waals surface area contributed by atoms with Gasteiger partial charge in [-0.15, -0.1) is 0 Å². The normalized spacial score (nSPS) is 26.4. The molecule has 0 aliphatic carbocycles. The van der Waals surface area contributed by atoms with Gasteiger partial charge in [0.05, 0.1) is 36.8 Å². The molecule has 1 N–H and O–H groups in total. The first-order valence-electron chi connectivity index (χ1n) is 7.59. The molecule has 6 nitrogen and oxygen atoms in total. The fourth-order valence-corrected chi connectivity index (χ4v) is 6.56. The molecule has 2 heterocycles. The lowest BCUT2D eigenvalue weighted by Crippen LogP contribution is -3.18. The average molecular weight is 363 g/mol. The minimum atomic E-state index is -3.61. The number of hydrogen-bond donors (Lipinski definition) is 1. The predicted molar refractivity (Wildman–Crippen MR) is 82.9 cm³/mol. The molecule has 23 heavy (non-hydrogen) atoms. The molecule has 0 amide bonds. The second-order valence-electron chi connectivity index (χ2n) is 6.12. The van der Waals surface area contributed by atoms with E-state index in [1.54, 1.807) is 0 Å². The van der Waals surface area contributed by atoms with Gasteiger partial charge in [-0.05, 0) is 24.3 Å². The minimum Gasteiger partial charge on any atom is -0.329 e. The smallest absolute Gasteiger partial charge is 0.243 e. The van der Waals surface area contributed by atoms with Gasteiger partial charge in [-0.2, -0.15) is 4.31 Å². The number of nitrogens with zero attached hydrogens (tertiary/aromatic N) is 1. The van der Waals surface area contributed by atoms with Crippen molar-refractivity contribution in [1.82, 2.24) is 4.31 Å². The number of sulfone groups is 1. The second-order valence-corrected chi connectivity index (χ2v) is 10.3. The number of rotatable bonds is 3. The number of halogens is 1. The first-order chi connectivity index (χ1) is 10.8. The summed E-state index contributed by atoms with van der Waals surface area (Å²) in [7, 11) is -6.54. The molecule has 128 valence electrons. The summed E-state index contributed by atoms with van der Waals surface area (Å²) in [5.41, 5.74) is 0. The molecular weight excluding hydrogens is 343 g/mol. The van der Waals surface area contributed by atoms with Crippen LogP contribution in [0, 0.1) is 5.82 Å². The lowest BCUT2D eigenvalue weighted by Gasteiger charge is -2.34. The topological polar surface area (TPSA) is 76.0 Å². The zero-order valence-electron chi connectivity index (χ0n) is 12.6. The first kappa shape index (κ1) is 16.8. The van der Waals surface area contributed by atoms with Gasteiger partial charge >= 0.3 is 0 Å². The van der Waals surface area contributed by atoms with Crippen molar-refractivity contribution < 1.29 is 26.1 Å². The first-order valence-corrected chi connectivity index (χ1v) is 10.8. The van der Waals surface area contributed by atoms with Crippen molar-refractivity contribution in [1.29, 1.82) is 0 Å². The summed E-state index contributed by atoms with van der Waals surface area (Å²) in [6, 6.07) is 4.90. The van der Waals surface area contributed by atoms with Gasteiger partial charge in [0.25, 0.3) is 0 Å². The van der Waals surface area contributed by atoms with Crippen LogP contribution in [0.3, 0.4) is 0 Å². The molecule has 3 rings (SSSR count).